The summed E-state index contributed by atoms with van der Waals surface area (Å²) in [6.45, 7) is 7.25. The zero-order valence-electron chi connectivity index (χ0n) is 13.7. The van der Waals surface area contributed by atoms with E-state index >= 15 is 0 Å². The van der Waals surface area contributed by atoms with Crippen molar-refractivity contribution in [3.05, 3.63) is 27.7 Å². The minimum atomic E-state index is -0.418. The lowest BCUT2D eigenvalue weighted by Gasteiger charge is -2.20. The van der Waals surface area contributed by atoms with Gasteiger partial charge < -0.3 is 20.3 Å². The van der Waals surface area contributed by atoms with Crippen molar-refractivity contribution in [1.82, 2.24) is 4.90 Å². The fourth-order valence-electron chi connectivity index (χ4n) is 2.05. The summed E-state index contributed by atoms with van der Waals surface area (Å²) in [5.41, 5.74) is 8.08. The van der Waals surface area contributed by atoms with E-state index in [9.17, 15) is 4.79 Å². The number of ether oxygens (including phenoxy) is 2. The van der Waals surface area contributed by atoms with Crippen LogP contribution in [-0.4, -0.2) is 55.5 Å². The molecule has 1 aromatic carbocycles. The van der Waals surface area contributed by atoms with Crippen molar-refractivity contribution in [2.45, 2.75) is 20.4 Å². The summed E-state index contributed by atoms with van der Waals surface area (Å²) in [7, 11) is 0. The van der Waals surface area contributed by atoms with Gasteiger partial charge >= 0.3 is 5.97 Å². The highest BCUT2D eigenvalue weighted by Crippen LogP contribution is 2.27. The average molecular weight is 389 g/mol. The van der Waals surface area contributed by atoms with Gasteiger partial charge in [0.2, 0.25) is 0 Å². The van der Waals surface area contributed by atoms with E-state index in [1.165, 1.54) is 0 Å². The van der Waals surface area contributed by atoms with Crippen molar-refractivity contribution in [1.29, 1.82) is 0 Å². The highest BCUT2D eigenvalue weighted by molar-refractivity contribution is 9.10. The molecule has 1 rings (SSSR count). The number of benzene rings is 1. The van der Waals surface area contributed by atoms with Crippen molar-refractivity contribution in [3.8, 4) is 0 Å². The van der Waals surface area contributed by atoms with E-state index in [1.807, 2.05) is 0 Å². The highest BCUT2D eigenvalue weighted by atomic mass is 79.9. The van der Waals surface area contributed by atoms with Crippen molar-refractivity contribution in [2.24, 2.45) is 0 Å². The van der Waals surface area contributed by atoms with Crippen LogP contribution in [0, 0.1) is 0 Å². The van der Waals surface area contributed by atoms with Gasteiger partial charge in [-0.2, -0.15) is 0 Å². The third-order valence-corrected chi connectivity index (χ3v) is 4.09. The van der Waals surface area contributed by atoms with E-state index in [0.717, 1.165) is 18.7 Å². The first-order valence-electron chi connectivity index (χ1n) is 7.69. The molecule has 6 nitrogen and oxygen atoms in total. The second-order valence-electron chi connectivity index (χ2n) is 4.96. The number of anilines is 1. The van der Waals surface area contributed by atoms with Crippen LogP contribution in [-0.2, 0) is 16.0 Å². The fourth-order valence-corrected chi connectivity index (χ4v) is 2.56. The topological polar surface area (TPSA) is 85.0 Å². The number of rotatable bonds is 10. The first-order valence-corrected chi connectivity index (χ1v) is 8.48. The molecule has 0 aliphatic carbocycles. The van der Waals surface area contributed by atoms with Crippen LogP contribution in [0.3, 0.4) is 0 Å². The lowest BCUT2D eigenvalue weighted by Crippen LogP contribution is -2.23. The molecule has 0 amide bonds. The number of aliphatic hydroxyl groups is 1. The van der Waals surface area contributed by atoms with Crippen LogP contribution >= 0.6 is 15.9 Å². The van der Waals surface area contributed by atoms with Crippen LogP contribution in [0.5, 0.6) is 0 Å². The number of hydrogen-bond acceptors (Lipinski definition) is 6. The van der Waals surface area contributed by atoms with Gasteiger partial charge in [-0.05, 0) is 46.7 Å². The van der Waals surface area contributed by atoms with E-state index in [0.29, 0.717) is 22.3 Å². The second-order valence-corrected chi connectivity index (χ2v) is 5.82. The van der Waals surface area contributed by atoms with Gasteiger partial charge in [0.05, 0.1) is 31.1 Å². The fraction of sp³-hybridized carbons (Fsp3) is 0.562. The maximum Gasteiger partial charge on any atom is 0.338 e. The number of esters is 1. The zero-order valence-corrected chi connectivity index (χ0v) is 15.3. The summed E-state index contributed by atoms with van der Waals surface area (Å²) in [6.07, 6.45) is 0. The van der Waals surface area contributed by atoms with Gasteiger partial charge in [-0.15, -0.1) is 0 Å². The lowest BCUT2D eigenvalue weighted by molar-refractivity contribution is 0.0258. The quantitative estimate of drug-likeness (QED) is 0.362. The predicted octanol–water partition coefficient (Wildman–Crippen LogP) is 2.04. The number of aliphatic hydroxyl groups excluding tert-OH is 1. The SMILES string of the molecule is CCN(CC)Cc1cc(C(=O)OCCOCCO)cc(Br)c1N. The van der Waals surface area contributed by atoms with E-state index in [4.69, 9.17) is 20.3 Å². The summed E-state index contributed by atoms with van der Waals surface area (Å²) in [5.74, 6) is -0.418. The standard InChI is InChI=1S/C16H25BrN2O4/c1-3-19(4-2)11-13-9-12(10-14(17)15(13)18)16(21)23-8-7-22-6-5-20/h9-10,20H,3-8,11,18H2,1-2H3. The number of carbonyl (C=O) groups excluding carboxylic acids is 1. The van der Waals surface area contributed by atoms with Crippen molar-refractivity contribution in [2.75, 3.05) is 45.3 Å². The Kier molecular flexibility index (Phi) is 9.16. The Morgan fingerprint density at radius 1 is 1.26 bits per heavy atom. The molecular weight excluding hydrogens is 364 g/mol. The molecule has 0 radical (unpaired) electrons. The van der Waals surface area contributed by atoms with E-state index in [2.05, 4.69) is 34.7 Å². The number of carbonyl (C=O) groups is 1. The molecular formula is C16H25BrN2O4. The van der Waals surface area contributed by atoms with Crippen LogP contribution in [0.1, 0.15) is 29.8 Å². The Labute approximate surface area is 145 Å². The van der Waals surface area contributed by atoms with Gasteiger partial charge in [0.1, 0.15) is 6.61 Å². The molecule has 0 fully saturated rings. The Bertz CT molecular complexity index is 507. The van der Waals surface area contributed by atoms with E-state index in [1.54, 1.807) is 12.1 Å². The summed E-state index contributed by atoms with van der Waals surface area (Å²) >= 11 is 3.40. The molecule has 0 aliphatic rings. The number of nitrogens with two attached hydrogens (primary N) is 1. The highest BCUT2D eigenvalue weighted by Gasteiger charge is 2.14. The first kappa shape index (κ1) is 19.9. The Balaban J connectivity index is 2.75. The molecule has 0 heterocycles. The molecule has 0 aromatic heterocycles. The molecule has 1 aromatic rings. The summed E-state index contributed by atoms with van der Waals surface area (Å²) in [4.78, 5) is 14.3. The largest absolute Gasteiger partial charge is 0.460 e. The van der Waals surface area contributed by atoms with E-state index < -0.39 is 5.97 Å². The van der Waals surface area contributed by atoms with Crippen molar-refractivity contribution in [3.63, 3.8) is 0 Å². The summed E-state index contributed by atoms with van der Waals surface area (Å²) < 4.78 is 10.9. The van der Waals surface area contributed by atoms with Crippen molar-refractivity contribution >= 4 is 27.6 Å². The normalized spacial score (nSPS) is 11.0. The Morgan fingerprint density at radius 2 is 1.96 bits per heavy atom. The van der Waals surface area contributed by atoms with Gasteiger partial charge in [0.15, 0.2) is 0 Å². The zero-order chi connectivity index (χ0) is 17.2. The third kappa shape index (κ3) is 6.47. The minimum absolute atomic E-state index is 0.0480. The van der Waals surface area contributed by atoms with Crippen LogP contribution < -0.4 is 5.73 Å². The van der Waals surface area contributed by atoms with Crippen LogP contribution in [0.2, 0.25) is 0 Å². The maximum absolute atomic E-state index is 12.1. The third-order valence-electron chi connectivity index (χ3n) is 3.44. The summed E-state index contributed by atoms with van der Waals surface area (Å²) in [5, 5.41) is 8.60. The Morgan fingerprint density at radius 3 is 2.57 bits per heavy atom. The van der Waals surface area contributed by atoms with Crippen LogP contribution in [0.4, 0.5) is 5.69 Å². The van der Waals surface area contributed by atoms with Gasteiger partial charge in [0, 0.05) is 11.0 Å². The van der Waals surface area contributed by atoms with E-state index in [-0.39, 0.29) is 26.4 Å². The van der Waals surface area contributed by atoms with Gasteiger partial charge in [-0.1, -0.05) is 13.8 Å². The minimum Gasteiger partial charge on any atom is -0.460 e. The number of hydrogen-bond donors (Lipinski definition) is 2. The van der Waals surface area contributed by atoms with Crippen LogP contribution in [0.25, 0.3) is 0 Å². The molecule has 0 unspecified atom stereocenters. The number of nitrogen functional groups attached to an aromatic ring is 1. The first-order chi connectivity index (χ1) is 11.0. The average Bonchev–Trinajstić information content (AvgIpc) is 2.55. The number of nitrogens with zero attached hydrogens (tertiary/aromatic N) is 1. The molecule has 0 bridgehead atoms. The molecule has 0 atom stereocenters. The molecule has 7 heteroatoms. The van der Waals surface area contributed by atoms with Gasteiger partial charge in [0.25, 0.3) is 0 Å². The van der Waals surface area contributed by atoms with Crippen molar-refractivity contribution < 1.29 is 19.4 Å². The number of halogens is 1. The Hall–Kier alpha value is -1.15. The molecule has 0 spiro atoms. The monoisotopic (exact) mass is 388 g/mol. The predicted molar refractivity (Wildman–Crippen MR) is 93.4 cm³/mol. The van der Waals surface area contributed by atoms with Crippen LogP contribution in [0.15, 0.2) is 16.6 Å². The second kappa shape index (κ2) is 10.6. The molecule has 0 saturated carbocycles. The molecule has 0 saturated heterocycles. The molecule has 23 heavy (non-hydrogen) atoms. The molecule has 3 N–H and O–H groups in total. The summed E-state index contributed by atoms with van der Waals surface area (Å²) in [6, 6.07) is 3.44. The van der Waals surface area contributed by atoms with Gasteiger partial charge in [-0.25, -0.2) is 4.79 Å². The lowest BCUT2D eigenvalue weighted by atomic mass is 10.1. The van der Waals surface area contributed by atoms with Gasteiger partial charge in [-0.3, -0.25) is 4.90 Å². The maximum atomic E-state index is 12.1. The molecule has 130 valence electrons. The molecule has 0 aliphatic heterocycles. The smallest absolute Gasteiger partial charge is 0.338 e.